The molecule has 0 fully saturated rings. The molecular formula is C24H30N4O6S2. The van der Waals surface area contributed by atoms with Crippen molar-refractivity contribution >= 4 is 33.7 Å². The van der Waals surface area contributed by atoms with E-state index in [2.05, 4.69) is 29.4 Å². The quantitative estimate of drug-likeness (QED) is 0.326. The van der Waals surface area contributed by atoms with Crippen LogP contribution in [0.25, 0.3) is 11.5 Å². The highest BCUT2D eigenvalue weighted by Crippen LogP contribution is 2.28. The van der Waals surface area contributed by atoms with Crippen LogP contribution in [0.15, 0.2) is 62.7 Å². The second-order valence-corrected chi connectivity index (χ2v) is 11.6. The lowest BCUT2D eigenvalue weighted by Gasteiger charge is -2.21. The number of sulfonamides is 1. The van der Waals surface area contributed by atoms with Crippen LogP contribution in [-0.2, 0) is 19.5 Å². The Morgan fingerprint density at radius 3 is 2.33 bits per heavy atom. The van der Waals surface area contributed by atoms with Crippen LogP contribution in [-0.4, -0.2) is 74.6 Å². The van der Waals surface area contributed by atoms with Crippen molar-refractivity contribution in [2.75, 3.05) is 45.8 Å². The molecule has 1 N–H and O–H groups in total. The highest BCUT2D eigenvalue weighted by molar-refractivity contribution is 7.99. The van der Waals surface area contributed by atoms with Crippen LogP contribution in [0.1, 0.15) is 24.2 Å². The molecular weight excluding hydrogens is 504 g/mol. The average molecular weight is 535 g/mol. The van der Waals surface area contributed by atoms with E-state index in [9.17, 15) is 13.2 Å². The number of methoxy groups -OCH3 is 2. The number of benzene rings is 2. The SMILES string of the molecule is COCCN(CCOC)S(=O)(=O)c1ccc(C(=O)Nc2nnc(-c3cccc(SC(C)C)c3)o2)cc1. The predicted octanol–water partition coefficient (Wildman–Crippen LogP) is 3.77. The molecule has 3 aromatic rings. The zero-order valence-electron chi connectivity index (χ0n) is 20.6. The molecule has 0 radical (unpaired) electrons. The zero-order valence-corrected chi connectivity index (χ0v) is 22.3. The minimum absolute atomic E-state index is 0.0566. The molecule has 12 heteroatoms. The van der Waals surface area contributed by atoms with Crippen LogP contribution < -0.4 is 5.32 Å². The molecule has 0 saturated carbocycles. The number of ether oxygens (including phenoxy) is 2. The fourth-order valence-corrected chi connectivity index (χ4v) is 5.50. The molecule has 0 aliphatic carbocycles. The monoisotopic (exact) mass is 534 g/mol. The van der Waals surface area contributed by atoms with Gasteiger partial charge in [0.15, 0.2) is 0 Å². The van der Waals surface area contributed by atoms with E-state index in [1.54, 1.807) is 11.8 Å². The van der Waals surface area contributed by atoms with E-state index in [4.69, 9.17) is 13.9 Å². The Bertz CT molecular complexity index is 1240. The first-order valence-corrected chi connectivity index (χ1v) is 13.6. The average Bonchev–Trinajstić information content (AvgIpc) is 3.32. The van der Waals surface area contributed by atoms with E-state index < -0.39 is 15.9 Å². The highest BCUT2D eigenvalue weighted by Gasteiger charge is 2.24. The Morgan fingerprint density at radius 1 is 1.06 bits per heavy atom. The molecule has 0 atom stereocenters. The lowest BCUT2D eigenvalue weighted by molar-refractivity contribution is 0.102. The summed E-state index contributed by atoms with van der Waals surface area (Å²) in [6, 6.07) is 13.3. The van der Waals surface area contributed by atoms with Crippen LogP contribution in [0.5, 0.6) is 0 Å². The highest BCUT2D eigenvalue weighted by atomic mass is 32.2. The van der Waals surface area contributed by atoms with Crippen molar-refractivity contribution in [1.29, 1.82) is 0 Å². The third-order valence-corrected chi connectivity index (χ3v) is 7.85. The Kier molecular flexibility index (Phi) is 10.0. The number of hydrogen-bond acceptors (Lipinski definition) is 9. The van der Waals surface area contributed by atoms with E-state index in [0.29, 0.717) is 5.25 Å². The van der Waals surface area contributed by atoms with Crippen LogP contribution in [0.2, 0.25) is 0 Å². The molecule has 0 spiro atoms. The molecule has 2 aromatic carbocycles. The van der Waals surface area contributed by atoms with Gasteiger partial charge in [-0.1, -0.05) is 25.0 Å². The number of nitrogens with one attached hydrogen (secondary N) is 1. The molecule has 36 heavy (non-hydrogen) atoms. The number of carbonyl (C=O) groups excluding carboxylic acids is 1. The van der Waals surface area contributed by atoms with E-state index in [1.165, 1.54) is 42.8 Å². The maximum Gasteiger partial charge on any atom is 0.322 e. The van der Waals surface area contributed by atoms with Gasteiger partial charge in [0.2, 0.25) is 15.9 Å². The smallest absolute Gasteiger partial charge is 0.322 e. The Labute approximate surface area is 215 Å². The minimum atomic E-state index is -3.79. The Morgan fingerprint density at radius 2 is 1.72 bits per heavy atom. The number of amides is 1. The molecule has 1 amide bonds. The topological polar surface area (TPSA) is 124 Å². The van der Waals surface area contributed by atoms with Gasteiger partial charge in [-0.25, -0.2) is 8.42 Å². The summed E-state index contributed by atoms with van der Waals surface area (Å²) in [5.74, 6) is -0.223. The van der Waals surface area contributed by atoms with Crippen molar-refractivity contribution in [1.82, 2.24) is 14.5 Å². The lowest BCUT2D eigenvalue weighted by atomic mass is 10.2. The molecule has 0 saturated heterocycles. The fraction of sp³-hybridized carbons (Fsp3) is 0.375. The molecule has 0 bridgehead atoms. The van der Waals surface area contributed by atoms with Gasteiger partial charge in [0.1, 0.15) is 0 Å². The largest absolute Gasteiger partial charge is 0.403 e. The number of aromatic nitrogens is 2. The van der Waals surface area contributed by atoms with Gasteiger partial charge in [-0.3, -0.25) is 10.1 Å². The molecule has 0 aliphatic heterocycles. The number of anilines is 1. The molecule has 0 unspecified atom stereocenters. The lowest BCUT2D eigenvalue weighted by Crippen LogP contribution is -2.36. The van der Waals surface area contributed by atoms with Crippen LogP contribution >= 0.6 is 11.8 Å². The van der Waals surface area contributed by atoms with E-state index >= 15 is 0 Å². The molecule has 1 aromatic heterocycles. The normalized spacial score (nSPS) is 11.8. The van der Waals surface area contributed by atoms with Crippen LogP contribution in [0.3, 0.4) is 0 Å². The van der Waals surface area contributed by atoms with Crippen molar-refractivity contribution in [3.63, 3.8) is 0 Å². The maximum atomic E-state index is 13.0. The first-order valence-electron chi connectivity index (χ1n) is 11.2. The molecule has 194 valence electrons. The van der Waals surface area contributed by atoms with E-state index in [1.807, 2.05) is 24.3 Å². The minimum Gasteiger partial charge on any atom is -0.403 e. The van der Waals surface area contributed by atoms with Gasteiger partial charge in [-0.2, -0.15) is 4.31 Å². The van der Waals surface area contributed by atoms with Crippen LogP contribution in [0.4, 0.5) is 6.01 Å². The van der Waals surface area contributed by atoms with Crippen molar-refractivity contribution in [3.8, 4) is 11.5 Å². The van der Waals surface area contributed by atoms with Gasteiger partial charge < -0.3 is 13.9 Å². The third kappa shape index (κ3) is 7.37. The van der Waals surface area contributed by atoms with Gasteiger partial charge in [-0.15, -0.1) is 16.9 Å². The number of hydrogen-bond donors (Lipinski definition) is 1. The van der Waals surface area contributed by atoms with Crippen LogP contribution in [0, 0.1) is 0 Å². The van der Waals surface area contributed by atoms with E-state index in [0.717, 1.165) is 10.5 Å². The summed E-state index contributed by atoms with van der Waals surface area (Å²) in [6.07, 6.45) is 0. The first-order chi connectivity index (χ1) is 17.2. The summed E-state index contributed by atoms with van der Waals surface area (Å²) in [5, 5.41) is 10.9. The number of carbonyl (C=O) groups is 1. The molecule has 3 rings (SSSR count). The summed E-state index contributed by atoms with van der Waals surface area (Å²) in [6.45, 7) is 5.08. The molecule has 1 heterocycles. The van der Waals surface area contributed by atoms with Gasteiger partial charge in [0, 0.05) is 48.6 Å². The zero-order chi connectivity index (χ0) is 26.1. The summed E-state index contributed by atoms with van der Waals surface area (Å²) in [4.78, 5) is 13.8. The number of thioether (sulfide) groups is 1. The van der Waals surface area contributed by atoms with Crippen molar-refractivity contribution < 1.29 is 27.1 Å². The summed E-state index contributed by atoms with van der Waals surface area (Å²) < 4.78 is 43.0. The fourth-order valence-electron chi connectivity index (χ4n) is 3.20. The Balaban J connectivity index is 1.70. The third-order valence-electron chi connectivity index (χ3n) is 4.94. The van der Waals surface area contributed by atoms with Gasteiger partial charge in [0.25, 0.3) is 5.91 Å². The van der Waals surface area contributed by atoms with E-state index in [-0.39, 0.29) is 48.7 Å². The first kappa shape index (κ1) is 27.8. The maximum absolute atomic E-state index is 13.0. The summed E-state index contributed by atoms with van der Waals surface area (Å²) >= 11 is 1.72. The summed E-state index contributed by atoms with van der Waals surface area (Å²) in [7, 11) is -0.779. The number of nitrogens with zero attached hydrogens (tertiary/aromatic N) is 3. The number of rotatable bonds is 13. The van der Waals surface area contributed by atoms with Gasteiger partial charge >= 0.3 is 6.01 Å². The standard InChI is InChI=1S/C24H30N4O6S2/c1-17(2)35-20-7-5-6-19(16-20)23-26-27-24(34-23)25-22(29)18-8-10-21(11-9-18)36(30,31)28(12-14-32-3)13-15-33-4/h5-11,16-17H,12-15H2,1-4H3,(H,25,27,29). The molecule has 10 nitrogen and oxygen atoms in total. The summed E-state index contributed by atoms with van der Waals surface area (Å²) in [5.41, 5.74) is 0.985. The second kappa shape index (κ2) is 13.0. The van der Waals surface area contributed by atoms with Gasteiger partial charge in [-0.05, 0) is 42.5 Å². The van der Waals surface area contributed by atoms with Crippen molar-refractivity contribution in [3.05, 3.63) is 54.1 Å². The predicted molar refractivity (Wildman–Crippen MR) is 138 cm³/mol. The molecule has 0 aliphatic rings. The second-order valence-electron chi connectivity index (χ2n) is 7.97. The Hall–Kier alpha value is -2.77. The van der Waals surface area contributed by atoms with Crippen molar-refractivity contribution in [2.24, 2.45) is 0 Å². The van der Waals surface area contributed by atoms with Gasteiger partial charge in [0.05, 0.1) is 18.1 Å². The van der Waals surface area contributed by atoms with Crippen molar-refractivity contribution in [2.45, 2.75) is 28.9 Å².